The molecule has 1 aromatic heterocycles. The molecule has 0 saturated carbocycles. The maximum atomic E-state index is 5.59. The Balaban J connectivity index is 2.10. The molecule has 3 nitrogen and oxygen atoms in total. The van der Waals surface area contributed by atoms with Crippen molar-refractivity contribution in [3.8, 4) is 0 Å². The number of alkyl halides is 1. The Bertz CT molecular complexity index is 410. The Morgan fingerprint density at radius 1 is 1.43 bits per heavy atom. The zero-order valence-corrected chi connectivity index (χ0v) is 8.51. The van der Waals surface area contributed by atoms with Gasteiger partial charge in [-0.1, -0.05) is 0 Å². The Morgan fingerprint density at radius 3 is 3.21 bits per heavy atom. The third-order valence-electron chi connectivity index (χ3n) is 2.06. The van der Waals surface area contributed by atoms with Crippen LogP contribution in [0.2, 0.25) is 0 Å². The monoisotopic (exact) mass is 209 g/mol. The van der Waals surface area contributed by atoms with Crippen molar-refractivity contribution in [1.29, 1.82) is 0 Å². The fourth-order valence-corrected chi connectivity index (χ4v) is 1.48. The largest absolute Gasteiger partial charge is 0.385 e. The van der Waals surface area contributed by atoms with E-state index in [9.17, 15) is 0 Å². The molecule has 0 saturated heterocycles. The minimum atomic E-state index is 0.694. The molecule has 14 heavy (non-hydrogen) atoms. The maximum Gasteiger partial charge on any atom is 0.0931 e. The predicted octanol–water partition coefficient (Wildman–Crippen LogP) is 2.60. The van der Waals surface area contributed by atoms with Crippen molar-refractivity contribution in [2.45, 2.75) is 6.42 Å². The standard InChI is InChI=1S/C10H12ClN3/c11-4-1-5-12-8-2-3-9-10(6-8)14-7-13-9/h2-3,6-7,12H,1,4-5H2,(H,13,14). The first kappa shape index (κ1) is 9.34. The molecule has 0 bridgehead atoms. The average Bonchev–Trinajstić information content (AvgIpc) is 2.65. The van der Waals surface area contributed by atoms with Crippen LogP contribution < -0.4 is 5.32 Å². The highest BCUT2D eigenvalue weighted by Gasteiger charge is 1.96. The number of fused-ring (bicyclic) bond motifs is 1. The Morgan fingerprint density at radius 2 is 2.36 bits per heavy atom. The third kappa shape index (κ3) is 1.99. The van der Waals surface area contributed by atoms with Gasteiger partial charge in [0.15, 0.2) is 0 Å². The van der Waals surface area contributed by atoms with Crippen molar-refractivity contribution < 1.29 is 0 Å². The number of anilines is 1. The van der Waals surface area contributed by atoms with Gasteiger partial charge in [-0.3, -0.25) is 0 Å². The van der Waals surface area contributed by atoms with Crippen LogP contribution in [0.1, 0.15) is 6.42 Å². The van der Waals surface area contributed by atoms with Crippen LogP contribution in [0.25, 0.3) is 11.0 Å². The van der Waals surface area contributed by atoms with Gasteiger partial charge in [0, 0.05) is 18.1 Å². The van der Waals surface area contributed by atoms with E-state index in [0.29, 0.717) is 5.88 Å². The maximum absolute atomic E-state index is 5.59. The summed E-state index contributed by atoms with van der Waals surface area (Å²) in [5.74, 6) is 0.694. The molecule has 2 N–H and O–H groups in total. The van der Waals surface area contributed by atoms with Crippen molar-refractivity contribution >= 4 is 28.3 Å². The van der Waals surface area contributed by atoms with Gasteiger partial charge in [0.05, 0.1) is 17.4 Å². The lowest BCUT2D eigenvalue weighted by atomic mass is 10.2. The topological polar surface area (TPSA) is 40.7 Å². The van der Waals surface area contributed by atoms with E-state index in [1.807, 2.05) is 12.1 Å². The summed E-state index contributed by atoms with van der Waals surface area (Å²) in [6, 6.07) is 6.07. The van der Waals surface area contributed by atoms with Gasteiger partial charge in [-0.25, -0.2) is 4.98 Å². The lowest BCUT2D eigenvalue weighted by Crippen LogP contribution is -2.01. The molecule has 74 valence electrons. The van der Waals surface area contributed by atoms with Crippen LogP contribution in [0.3, 0.4) is 0 Å². The number of imidazole rings is 1. The Labute approximate surface area is 87.5 Å². The van der Waals surface area contributed by atoms with Gasteiger partial charge in [-0.2, -0.15) is 0 Å². The van der Waals surface area contributed by atoms with Gasteiger partial charge in [0.25, 0.3) is 0 Å². The highest BCUT2D eigenvalue weighted by molar-refractivity contribution is 6.17. The number of hydrogen-bond acceptors (Lipinski definition) is 2. The van der Waals surface area contributed by atoms with Crippen molar-refractivity contribution in [3.63, 3.8) is 0 Å². The number of aromatic nitrogens is 2. The smallest absolute Gasteiger partial charge is 0.0931 e. The number of rotatable bonds is 4. The van der Waals surface area contributed by atoms with E-state index in [2.05, 4.69) is 21.4 Å². The minimum absolute atomic E-state index is 0.694. The summed E-state index contributed by atoms with van der Waals surface area (Å²) in [5, 5.41) is 3.30. The zero-order valence-electron chi connectivity index (χ0n) is 7.76. The molecule has 0 atom stereocenters. The SMILES string of the molecule is ClCCCNc1ccc2nc[nH]c2c1. The number of benzene rings is 1. The van der Waals surface area contributed by atoms with Crippen molar-refractivity contribution in [1.82, 2.24) is 9.97 Å². The second-order valence-corrected chi connectivity index (χ2v) is 3.48. The van der Waals surface area contributed by atoms with Crippen molar-refractivity contribution in [2.75, 3.05) is 17.7 Å². The second-order valence-electron chi connectivity index (χ2n) is 3.10. The van der Waals surface area contributed by atoms with Crippen LogP contribution in [0.4, 0.5) is 5.69 Å². The van der Waals surface area contributed by atoms with Gasteiger partial charge < -0.3 is 10.3 Å². The first-order valence-electron chi connectivity index (χ1n) is 4.63. The number of H-pyrrole nitrogens is 1. The fourth-order valence-electron chi connectivity index (χ4n) is 1.35. The molecule has 0 amide bonds. The van der Waals surface area contributed by atoms with Gasteiger partial charge in [0.1, 0.15) is 0 Å². The summed E-state index contributed by atoms with van der Waals surface area (Å²) in [5.41, 5.74) is 3.15. The fraction of sp³-hybridized carbons (Fsp3) is 0.300. The van der Waals surface area contributed by atoms with Crippen LogP contribution in [0.5, 0.6) is 0 Å². The summed E-state index contributed by atoms with van der Waals surface area (Å²) in [7, 11) is 0. The second kappa shape index (κ2) is 4.33. The minimum Gasteiger partial charge on any atom is -0.385 e. The van der Waals surface area contributed by atoms with Crippen LogP contribution in [-0.2, 0) is 0 Å². The van der Waals surface area contributed by atoms with E-state index in [1.165, 1.54) is 0 Å². The van der Waals surface area contributed by atoms with Crippen LogP contribution in [0, 0.1) is 0 Å². The lowest BCUT2D eigenvalue weighted by molar-refractivity contribution is 0.987. The van der Waals surface area contributed by atoms with E-state index in [-0.39, 0.29) is 0 Å². The summed E-state index contributed by atoms with van der Waals surface area (Å²) < 4.78 is 0. The van der Waals surface area contributed by atoms with Gasteiger partial charge in [-0.15, -0.1) is 11.6 Å². The lowest BCUT2D eigenvalue weighted by Gasteiger charge is -2.04. The van der Waals surface area contributed by atoms with Gasteiger partial charge in [0.2, 0.25) is 0 Å². The van der Waals surface area contributed by atoms with E-state index in [1.54, 1.807) is 6.33 Å². The third-order valence-corrected chi connectivity index (χ3v) is 2.33. The molecule has 0 radical (unpaired) electrons. The van der Waals surface area contributed by atoms with E-state index >= 15 is 0 Å². The highest BCUT2D eigenvalue weighted by atomic mass is 35.5. The number of halogens is 1. The summed E-state index contributed by atoms with van der Waals surface area (Å²) in [6.45, 7) is 0.906. The van der Waals surface area contributed by atoms with Crippen LogP contribution >= 0.6 is 11.6 Å². The molecule has 0 aliphatic carbocycles. The number of nitrogens with zero attached hydrogens (tertiary/aromatic N) is 1. The number of aromatic amines is 1. The summed E-state index contributed by atoms with van der Waals surface area (Å²) >= 11 is 5.59. The van der Waals surface area contributed by atoms with Crippen LogP contribution in [-0.4, -0.2) is 22.4 Å². The van der Waals surface area contributed by atoms with E-state index in [0.717, 1.165) is 29.7 Å². The zero-order chi connectivity index (χ0) is 9.80. The van der Waals surface area contributed by atoms with Crippen molar-refractivity contribution in [2.24, 2.45) is 0 Å². The van der Waals surface area contributed by atoms with E-state index in [4.69, 9.17) is 11.6 Å². The van der Waals surface area contributed by atoms with Crippen LogP contribution in [0.15, 0.2) is 24.5 Å². The first-order chi connectivity index (χ1) is 6.90. The highest BCUT2D eigenvalue weighted by Crippen LogP contribution is 2.15. The molecule has 4 heteroatoms. The molecule has 0 unspecified atom stereocenters. The molecule has 2 aromatic rings. The molecule has 1 aromatic carbocycles. The van der Waals surface area contributed by atoms with Gasteiger partial charge in [-0.05, 0) is 24.6 Å². The summed E-state index contributed by atoms with van der Waals surface area (Å²) in [4.78, 5) is 7.23. The normalized spacial score (nSPS) is 10.6. The van der Waals surface area contributed by atoms with Gasteiger partial charge >= 0.3 is 0 Å². The Hall–Kier alpha value is -1.22. The molecular weight excluding hydrogens is 198 g/mol. The van der Waals surface area contributed by atoms with E-state index < -0.39 is 0 Å². The summed E-state index contributed by atoms with van der Waals surface area (Å²) in [6.07, 6.45) is 2.68. The molecule has 0 spiro atoms. The molecule has 0 fully saturated rings. The van der Waals surface area contributed by atoms with Crippen molar-refractivity contribution in [3.05, 3.63) is 24.5 Å². The molecule has 1 heterocycles. The molecule has 0 aliphatic heterocycles. The number of hydrogen-bond donors (Lipinski definition) is 2. The molecular formula is C10H12ClN3. The molecule has 2 rings (SSSR count). The number of nitrogens with one attached hydrogen (secondary N) is 2. The predicted molar refractivity (Wildman–Crippen MR) is 59.9 cm³/mol. The Kier molecular flexibility index (Phi) is 2.89. The quantitative estimate of drug-likeness (QED) is 0.600. The average molecular weight is 210 g/mol. The first-order valence-corrected chi connectivity index (χ1v) is 5.16. The molecule has 0 aliphatic rings.